The van der Waals surface area contributed by atoms with Crippen molar-refractivity contribution in [1.82, 2.24) is 9.88 Å². The van der Waals surface area contributed by atoms with E-state index in [1.54, 1.807) is 0 Å². The second kappa shape index (κ2) is 6.82. The van der Waals surface area contributed by atoms with Gasteiger partial charge in [0.05, 0.1) is 0 Å². The van der Waals surface area contributed by atoms with Gasteiger partial charge in [0.25, 0.3) is 0 Å². The van der Waals surface area contributed by atoms with Crippen LogP contribution in [0.3, 0.4) is 0 Å². The summed E-state index contributed by atoms with van der Waals surface area (Å²) in [4.78, 5) is 7.39. The van der Waals surface area contributed by atoms with Crippen LogP contribution in [0.2, 0.25) is 0 Å². The molecule has 1 fully saturated rings. The Kier molecular flexibility index (Phi) is 5.10. The molecule has 0 atom stereocenters. The summed E-state index contributed by atoms with van der Waals surface area (Å²) < 4.78 is 0. The minimum atomic E-state index is 0.422. The predicted octanol–water partition coefficient (Wildman–Crippen LogP) is 1.92. The summed E-state index contributed by atoms with van der Waals surface area (Å²) in [5.74, 6) is 0.865. The molecule has 0 saturated carbocycles. The largest absolute Gasteiger partial charge is 0.389 e. The van der Waals surface area contributed by atoms with Gasteiger partial charge in [-0.15, -0.1) is 0 Å². The third kappa shape index (κ3) is 4.44. The van der Waals surface area contributed by atoms with Crippen LogP contribution in [0.4, 0.5) is 5.82 Å². The van der Waals surface area contributed by atoms with Crippen molar-refractivity contribution in [3.05, 3.63) is 23.4 Å². The molecule has 1 saturated heterocycles. The highest BCUT2D eigenvalue weighted by molar-refractivity contribution is 7.80. The highest BCUT2D eigenvalue weighted by atomic mass is 32.1. The molecule has 0 aliphatic carbocycles. The minimum absolute atomic E-state index is 0.422. The van der Waals surface area contributed by atoms with Crippen LogP contribution in [0.25, 0.3) is 0 Å². The van der Waals surface area contributed by atoms with Gasteiger partial charge >= 0.3 is 0 Å². The monoisotopic (exact) mass is 278 g/mol. The minimum Gasteiger partial charge on any atom is -0.389 e. The van der Waals surface area contributed by atoms with Crippen LogP contribution in [-0.2, 0) is 0 Å². The smallest absolute Gasteiger partial charge is 0.126 e. The van der Waals surface area contributed by atoms with E-state index in [1.165, 1.54) is 32.5 Å². The van der Waals surface area contributed by atoms with Crippen molar-refractivity contribution in [3.8, 4) is 0 Å². The normalized spacial score (nSPS) is 15.6. The molecule has 1 aromatic heterocycles. The van der Waals surface area contributed by atoms with E-state index in [-0.39, 0.29) is 0 Å². The molecule has 19 heavy (non-hydrogen) atoms. The summed E-state index contributed by atoms with van der Waals surface area (Å²) in [7, 11) is 0. The standard InChI is InChI=1S/C14H22N4S/c1-11-9-12(14(15)19)10-13(17-11)16-5-4-8-18-6-2-3-7-18/h9-10H,2-8H2,1H3,(H2,15,19)(H,16,17). The fourth-order valence-electron chi connectivity index (χ4n) is 2.43. The Hall–Kier alpha value is -1.20. The van der Waals surface area contributed by atoms with E-state index in [1.807, 2.05) is 19.1 Å². The van der Waals surface area contributed by atoms with Crippen molar-refractivity contribution in [1.29, 1.82) is 0 Å². The first kappa shape index (κ1) is 14.2. The van der Waals surface area contributed by atoms with E-state index in [0.29, 0.717) is 4.99 Å². The average molecular weight is 278 g/mol. The van der Waals surface area contributed by atoms with Gasteiger partial charge in [0.2, 0.25) is 0 Å². The number of aromatic nitrogens is 1. The molecule has 1 aliphatic rings. The van der Waals surface area contributed by atoms with Crippen LogP contribution >= 0.6 is 12.2 Å². The Labute approximate surface area is 120 Å². The maximum Gasteiger partial charge on any atom is 0.126 e. The third-order valence-corrected chi connectivity index (χ3v) is 3.63. The summed E-state index contributed by atoms with van der Waals surface area (Å²) in [5, 5.41) is 3.35. The van der Waals surface area contributed by atoms with Gasteiger partial charge in [0, 0.05) is 17.8 Å². The molecule has 0 amide bonds. The van der Waals surface area contributed by atoms with Crippen LogP contribution < -0.4 is 11.1 Å². The van der Waals surface area contributed by atoms with Crippen molar-refractivity contribution in [3.63, 3.8) is 0 Å². The second-order valence-electron chi connectivity index (χ2n) is 5.08. The zero-order chi connectivity index (χ0) is 13.7. The average Bonchev–Trinajstić information content (AvgIpc) is 2.87. The number of nitrogens with one attached hydrogen (secondary N) is 1. The summed E-state index contributed by atoms with van der Waals surface area (Å²) >= 11 is 5.00. The highest BCUT2D eigenvalue weighted by Gasteiger charge is 2.10. The summed E-state index contributed by atoms with van der Waals surface area (Å²) in [6.07, 6.45) is 3.84. The molecule has 104 valence electrons. The molecule has 1 aliphatic heterocycles. The van der Waals surface area contributed by atoms with Gasteiger partial charge in [-0.1, -0.05) is 12.2 Å². The number of pyridine rings is 1. The molecule has 4 nitrogen and oxygen atoms in total. The highest BCUT2D eigenvalue weighted by Crippen LogP contribution is 2.11. The van der Waals surface area contributed by atoms with Crippen LogP contribution in [-0.4, -0.2) is 41.1 Å². The lowest BCUT2D eigenvalue weighted by Gasteiger charge is -2.14. The van der Waals surface area contributed by atoms with Crippen molar-refractivity contribution in [2.45, 2.75) is 26.2 Å². The fraction of sp³-hybridized carbons (Fsp3) is 0.571. The van der Waals surface area contributed by atoms with Gasteiger partial charge in [0.15, 0.2) is 0 Å². The first-order valence-corrected chi connectivity index (χ1v) is 7.31. The van der Waals surface area contributed by atoms with Gasteiger partial charge in [0.1, 0.15) is 10.8 Å². The lowest BCUT2D eigenvalue weighted by atomic mass is 10.2. The quantitative estimate of drug-likeness (QED) is 0.615. The van der Waals surface area contributed by atoms with E-state index in [2.05, 4.69) is 15.2 Å². The molecular weight excluding hydrogens is 256 g/mol. The van der Waals surface area contributed by atoms with Gasteiger partial charge in [-0.25, -0.2) is 4.98 Å². The number of hydrogen-bond donors (Lipinski definition) is 2. The molecule has 0 bridgehead atoms. The van der Waals surface area contributed by atoms with Gasteiger partial charge in [-0.3, -0.25) is 0 Å². The lowest BCUT2D eigenvalue weighted by molar-refractivity contribution is 0.337. The molecule has 1 aromatic rings. The Balaban J connectivity index is 1.80. The van der Waals surface area contributed by atoms with E-state index >= 15 is 0 Å². The van der Waals surface area contributed by atoms with Gasteiger partial charge in [-0.05, 0) is 58.0 Å². The number of nitrogens with zero attached hydrogens (tertiary/aromatic N) is 2. The maximum atomic E-state index is 5.66. The number of nitrogens with two attached hydrogens (primary N) is 1. The number of hydrogen-bond acceptors (Lipinski definition) is 4. The number of anilines is 1. The van der Waals surface area contributed by atoms with Crippen LogP contribution in [0.15, 0.2) is 12.1 Å². The van der Waals surface area contributed by atoms with E-state index < -0.39 is 0 Å². The molecule has 0 unspecified atom stereocenters. The SMILES string of the molecule is Cc1cc(C(N)=S)cc(NCCCN2CCCC2)n1. The first-order chi connectivity index (χ1) is 9.15. The zero-order valence-corrected chi connectivity index (χ0v) is 12.3. The summed E-state index contributed by atoms with van der Waals surface area (Å²) in [6, 6.07) is 3.84. The number of likely N-dealkylation sites (tertiary alicyclic amines) is 1. The van der Waals surface area contributed by atoms with Crippen molar-refractivity contribution in [2.24, 2.45) is 5.73 Å². The zero-order valence-electron chi connectivity index (χ0n) is 11.5. The molecule has 5 heteroatoms. The topological polar surface area (TPSA) is 54.2 Å². The van der Waals surface area contributed by atoms with Gasteiger partial charge < -0.3 is 16.0 Å². The van der Waals surface area contributed by atoms with E-state index in [0.717, 1.165) is 30.0 Å². The predicted molar refractivity (Wildman–Crippen MR) is 83.6 cm³/mol. The molecule has 2 rings (SSSR count). The molecule has 2 heterocycles. The van der Waals surface area contributed by atoms with E-state index in [9.17, 15) is 0 Å². The number of aryl methyl sites for hydroxylation is 1. The molecular formula is C14H22N4S. The Bertz CT molecular complexity index is 441. The van der Waals surface area contributed by atoms with E-state index in [4.69, 9.17) is 18.0 Å². The molecule has 0 spiro atoms. The second-order valence-corrected chi connectivity index (χ2v) is 5.52. The van der Waals surface area contributed by atoms with Gasteiger partial charge in [-0.2, -0.15) is 0 Å². The maximum absolute atomic E-state index is 5.66. The number of thiocarbonyl (C=S) groups is 1. The molecule has 0 aromatic carbocycles. The van der Waals surface area contributed by atoms with Crippen LogP contribution in [0.5, 0.6) is 0 Å². The molecule has 3 N–H and O–H groups in total. The number of rotatable bonds is 6. The fourth-order valence-corrected chi connectivity index (χ4v) is 2.54. The summed E-state index contributed by atoms with van der Waals surface area (Å²) in [5.41, 5.74) is 7.47. The first-order valence-electron chi connectivity index (χ1n) is 6.90. The van der Waals surface area contributed by atoms with Crippen molar-refractivity contribution < 1.29 is 0 Å². The lowest BCUT2D eigenvalue weighted by Crippen LogP contribution is -2.22. The van der Waals surface area contributed by atoms with Crippen molar-refractivity contribution >= 4 is 23.0 Å². The Morgan fingerprint density at radius 3 is 2.84 bits per heavy atom. The molecule has 0 radical (unpaired) electrons. The summed E-state index contributed by atoms with van der Waals surface area (Å²) in [6.45, 7) is 6.57. The van der Waals surface area contributed by atoms with Crippen molar-refractivity contribution in [2.75, 3.05) is 31.5 Å². The Morgan fingerprint density at radius 1 is 1.42 bits per heavy atom. The third-order valence-electron chi connectivity index (χ3n) is 3.39. The Morgan fingerprint density at radius 2 is 2.16 bits per heavy atom. The van der Waals surface area contributed by atoms with Crippen LogP contribution in [0, 0.1) is 6.92 Å². The van der Waals surface area contributed by atoms with Crippen LogP contribution in [0.1, 0.15) is 30.5 Å².